The van der Waals surface area contributed by atoms with Gasteiger partial charge < -0.3 is 0 Å². The van der Waals surface area contributed by atoms with Gasteiger partial charge in [0.15, 0.2) is 0 Å². The van der Waals surface area contributed by atoms with E-state index >= 15 is 0 Å². The van der Waals surface area contributed by atoms with Crippen LogP contribution in [-0.4, -0.2) is 30.2 Å². The summed E-state index contributed by atoms with van der Waals surface area (Å²) in [6.07, 6.45) is 1.58. The molecule has 0 aliphatic heterocycles. The summed E-state index contributed by atoms with van der Waals surface area (Å²) in [6.45, 7) is 0. The van der Waals surface area contributed by atoms with E-state index in [1.54, 1.807) is 17.7 Å². The van der Waals surface area contributed by atoms with Gasteiger partial charge >= 0.3 is 0 Å². The van der Waals surface area contributed by atoms with Gasteiger partial charge in [0.2, 0.25) is 5.16 Å². The first-order valence-corrected chi connectivity index (χ1v) is 9.89. The van der Waals surface area contributed by atoms with Crippen molar-refractivity contribution < 1.29 is 0 Å². The molecular weight excluding hydrogens is 376 g/mol. The molecule has 0 saturated heterocycles. The van der Waals surface area contributed by atoms with Gasteiger partial charge in [0.25, 0.3) is 0 Å². The van der Waals surface area contributed by atoms with Gasteiger partial charge in [-0.1, -0.05) is 48.5 Å². The van der Waals surface area contributed by atoms with E-state index in [9.17, 15) is 0 Å². The predicted octanol–water partition coefficient (Wildman–Crippen LogP) is 4.49. The van der Waals surface area contributed by atoms with Crippen molar-refractivity contribution in [2.45, 2.75) is 10.2 Å². The van der Waals surface area contributed by atoms with Gasteiger partial charge in [0.1, 0.15) is 16.2 Å². The van der Waals surface area contributed by atoms with Crippen molar-refractivity contribution in [3.63, 3.8) is 0 Å². The summed E-state index contributed by atoms with van der Waals surface area (Å²) in [7, 11) is 0. The van der Waals surface area contributed by atoms with E-state index in [4.69, 9.17) is 0 Å². The minimum Gasteiger partial charge on any atom is -0.229 e. The minimum atomic E-state index is 0.545. The Kier molecular flexibility index (Phi) is 4.11. The summed E-state index contributed by atoms with van der Waals surface area (Å²) < 4.78 is 0. The van der Waals surface area contributed by atoms with Gasteiger partial charge in [-0.15, -0.1) is 26.3 Å². The fourth-order valence-electron chi connectivity index (χ4n) is 2.75. The molecule has 0 radical (unpaired) electrons. The van der Waals surface area contributed by atoms with E-state index in [0.717, 1.165) is 32.1 Å². The highest BCUT2D eigenvalue weighted by Gasteiger charge is 2.16. The number of hydrogen-bond donors (Lipinski definition) is 0. The van der Waals surface area contributed by atoms with Crippen molar-refractivity contribution >= 4 is 33.3 Å². The average Bonchev–Trinajstić information content (AvgIpc) is 3.37. The van der Waals surface area contributed by atoms with Crippen LogP contribution in [0.4, 0.5) is 0 Å². The lowest BCUT2D eigenvalue weighted by molar-refractivity contribution is 0.716. The molecule has 0 atom stereocenters. The second-order valence-corrected chi connectivity index (χ2v) is 7.49. The zero-order chi connectivity index (χ0) is 18.1. The Morgan fingerprint density at radius 2 is 1.67 bits per heavy atom. The monoisotopic (exact) mass is 388 g/mol. The second-order valence-electron chi connectivity index (χ2n) is 5.67. The van der Waals surface area contributed by atoms with Gasteiger partial charge in [-0.2, -0.15) is 0 Å². The van der Waals surface area contributed by atoms with Crippen LogP contribution in [0.25, 0.3) is 27.0 Å². The molecule has 0 amide bonds. The molecule has 0 unspecified atom stereocenters. The number of nitrogens with zero attached hydrogens (tertiary/aromatic N) is 6. The van der Waals surface area contributed by atoms with Crippen LogP contribution in [0.1, 0.15) is 0 Å². The zero-order valence-electron chi connectivity index (χ0n) is 13.9. The van der Waals surface area contributed by atoms with Crippen LogP contribution in [-0.2, 0) is 0 Å². The van der Waals surface area contributed by atoms with Crippen LogP contribution in [0.5, 0.6) is 0 Å². The molecule has 130 valence electrons. The molecule has 5 rings (SSSR count). The van der Waals surface area contributed by atoms with Crippen molar-refractivity contribution in [2.75, 3.05) is 0 Å². The number of rotatable bonds is 4. The number of thiophene rings is 1. The zero-order valence-corrected chi connectivity index (χ0v) is 15.6. The van der Waals surface area contributed by atoms with E-state index in [2.05, 4.69) is 42.9 Å². The summed E-state index contributed by atoms with van der Waals surface area (Å²) in [6, 6.07) is 20.0. The van der Waals surface area contributed by atoms with Gasteiger partial charge in [0, 0.05) is 10.9 Å². The third-order valence-electron chi connectivity index (χ3n) is 3.99. The lowest BCUT2D eigenvalue weighted by atomic mass is 10.1. The maximum absolute atomic E-state index is 4.48. The first-order chi connectivity index (χ1) is 13.4. The molecule has 0 aliphatic rings. The molecular formula is C19H12N6S2. The van der Waals surface area contributed by atoms with Gasteiger partial charge in [-0.05, 0) is 34.7 Å². The SMILES string of the molecule is c1ccc(-c2csc3ncnc(Sc4nnn(-c5ccccc5)n4)c23)cc1. The lowest BCUT2D eigenvalue weighted by Gasteiger charge is -2.03. The molecule has 3 aromatic heterocycles. The van der Waals surface area contributed by atoms with Crippen molar-refractivity contribution in [3.8, 4) is 16.8 Å². The summed E-state index contributed by atoms with van der Waals surface area (Å²) in [5.41, 5.74) is 3.13. The average molecular weight is 388 g/mol. The molecule has 5 aromatic rings. The Hall–Kier alpha value is -3.10. The van der Waals surface area contributed by atoms with Crippen molar-refractivity contribution in [3.05, 3.63) is 72.4 Å². The molecule has 8 heteroatoms. The Morgan fingerprint density at radius 1 is 0.889 bits per heavy atom. The standard InChI is InChI=1S/C19H12N6S2/c1-3-7-13(8-4-1)15-11-26-17-16(15)18(21-12-20-17)27-19-22-24-25(23-19)14-9-5-2-6-10-14/h1-12H. The quantitative estimate of drug-likeness (QED) is 0.423. The summed E-state index contributed by atoms with van der Waals surface area (Å²) in [5.74, 6) is 0. The number of tetrazole rings is 1. The predicted molar refractivity (Wildman–Crippen MR) is 106 cm³/mol. The Morgan fingerprint density at radius 3 is 2.48 bits per heavy atom. The molecule has 0 aliphatic carbocycles. The van der Waals surface area contributed by atoms with Crippen molar-refractivity contribution in [1.82, 2.24) is 30.2 Å². The van der Waals surface area contributed by atoms with Gasteiger partial charge in [-0.25, -0.2) is 9.97 Å². The minimum absolute atomic E-state index is 0.545. The molecule has 0 N–H and O–H groups in total. The fraction of sp³-hybridized carbons (Fsp3) is 0. The van der Waals surface area contributed by atoms with E-state index < -0.39 is 0 Å². The Bertz CT molecular complexity index is 1200. The molecule has 0 spiro atoms. The summed E-state index contributed by atoms with van der Waals surface area (Å²) in [5, 5.41) is 17.3. The molecule has 2 aromatic carbocycles. The molecule has 3 heterocycles. The number of aromatic nitrogens is 6. The second kappa shape index (κ2) is 6.90. The van der Waals surface area contributed by atoms with E-state index in [1.807, 2.05) is 48.5 Å². The van der Waals surface area contributed by atoms with Crippen LogP contribution >= 0.6 is 23.1 Å². The first kappa shape index (κ1) is 16.1. The Labute approximate surface area is 162 Å². The maximum Gasteiger partial charge on any atom is 0.237 e. The largest absolute Gasteiger partial charge is 0.237 e. The molecule has 0 fully saturated rings. The third-order valence-corrected chi connectivity index (χ3v) is 5.73. The van der Waals surface area contributed by atoms with Gasteiger partial charge in [-0.3, -0.25) is 0 Å². The Balaban J connectivity index is 1.55. The highest BCUT2D eigenvalue weighted by Crippen LogP contribution is 2.39. The normalized spacial score (nSPS) is 11.1. The van der Waals surface area contributed by atoms with Crippen LogP contribution in [0, 0.1) is 0 Å². The molecule has 0 bridgehead atoms. The molecule has 27 heavy (non-hydrogen) atoms. The van der Waals surface area contributed by atoms with Crippen LogP contribution < -0.4 is 0 Å². The topological polar surface area (TPSA) is 69.4 Å². The van der Waals surface area contributed by atoms with E-state index in [0.29, 0.717) is 5.16 Å². The third kappa shape index (κ3) is 3.09. The highest BCUT2D eigenvalue weighted by molar-refractivity contribution is 7.99. The number of fused-ring (bicyclic) bond motifs is 1. The number of para-hydroxylation sites is 1. The fourth-order valence-corrected chi connectivity index (χ4v) is 4.51. The van der Waals surface area contributed by atoms with Crippen molar-refractivity contribution in [2.24, 2.45) is 0 Å². The molecule has 0 saturated carbocycles. The number of hydrogen-bond acceptors (Lipinski definition) is 7. The van der Waals surface area contributed by atoms with Crippen LogP contribution in [0.2, 0.25) is 0 Å². The maximum atomic E-state index is 4.48. The summed E-state index contributed by atoms with van der Waals surface area (Å²) in [4.78, 5) is 11.4. The number of benzene rings is 2. The van der Waals surface area contributed by atoms with Crippen LogP contribution in [0.3, 0.4) is 0 Å². The van der Waals surface area contributed by atoms with Crippen LogP contribution in [0.15, 0.2) is 82.6 Å². The van der Waals surface area contributed by atoms with Gasteiger partial charge in [0.05, 0.1) is 11.1 Å². The lowest BCUT2D eigenvalue weighted by Crippen LogP contribution is -1.98. The van der Waals surface area contributed by atoms with Crippen molar-refractivity contribution in [1.29, 1.82) is 0 Å². The smallest absolute Gasteiger partial charge is 0.229 e. The first-order valence-electron chi connectivity index (χ1n) is 8.19. The van der Waals surface area contributed by atoms with E-state index in [-0.39, 0.29) is 0 Å². The molecule has 6 nitrogen and oxygen atoms in total. The highest BCUT2D eigenvalue weighted by atomic mass is 32.2. The van der Waals surface area contributed by atoms with E-state index in [1.165, 1.54) is 16.6 Å². The summed E-state index contributed by atoms with van der Waals surface area (Å²) >= 11 is 3.01.